The van der Waals surface area contributed by atoms with E-state index in [0.717, 1.165) is 19.6 Å². The lowest BCUT2D eigenvalue weighted by Crippen LogP contribution is -2.20. The van der Waals surface area contributed by atoms with Crippen molar-refractivity contribution in [2.75, 3.05) is 0 Å². The normalized spacial score (nSPS) is 14.4. The van der Waals surface area contributed by atoms with Gasteiger partial charge in [0.05, 0.1) is 13.7 Å². The molecule has 80 valence electrons. The van der Waals surface area contributed by atoms with Gasteiger partial charge in [0.15, 0.2) is 0 Å². The summed E-state index contributed by atoms with van der Waals surface area (Å²) < 4.78 is 2.06. The van der Waals surface area contributed by atoms with Gasteiger partial charge in [0.1, 0.15) is 0 Å². The van der Waals surface area contributed by atoms with Crippen molar-refractivity contribution < 1.29 is 5.11 Å². The molecule has 1 N–H and O–H groups in total. The molecule has 0 aliphatic heterocycles. The zero-order valence-corrected chi connectivity index (χ0v) is 12.5. The first-order valence-corrected chi connectivity index (χ1v) is 6.91. The molecule has 0 amide bonds. The minimum atomic E-state index is -0.413. The molecule has 1 aromatic heterocycles. The molecule has 1 aromatic rings. The molecule has 0 saturated heterocycles. The van der Waals surface area contributed by atoms with Gasteiger partial charge in [0, 0.05) is 5.56 Å². The molecule has 14 heavy (non-hydrogen) atoms. The van der Waals surface area contributed by atoms with E-state index in [0.29, 0.717) is 0 Å². The summed E-state index contributed by atoms with van der Waals surface area (Å²) in [5.74, 6) is 0. The van der Waals surface area contributed by atoms with Crippen molar-refractivity contribution in [2.24, 2.45) is 5.41 Å². The molecule has 0 aliphatic rings. The minimum Gasteiger partial charge on any atom is -0.388 e. The molecule has 0 radical (unpaired) electrons. The van der Waals surface area contributed by atoms with Gasteiger partial charge in [-0.15, -0.1) is 11.3 Å². The van der Waals surface area contributed by atoms with Crippen molar-refractivity contribution in [1.82, 2.24) is 0 Å². The van der Waals surface area contributed by atoms with Crippen LogP contribution in [0.15, 0.2) is 13.6 Å². The second-order valence-corrected chi connectivity index (χ2v) is 7.77. The molecule has 1 unspecified atom stereocenters. The summed E-state index contributed by atoms with van der Waals surface area (Å²) in [5, 5.41) is 10.2. The maximum Gasteiger partial charge on any atom is 0.0860 e. The number of halogens is 2. The fourth-order valence-corrected chi connectivity index (χ4v) is 4.04. The quantitative estimate of drug-likeness (QED) is 0.841. The van der Waals surface area contributed by atoms with Gasteiger partial charge >= 0.3 is 0 Å². The third kappa shape index (κ3) is 2.60. The summed E-state index contributed by atoms with van der Waals surface area (Å²) in [4.78, 5) is 0. The standard InChI is InChI=1S/C10H14Br2OS/c1-4-10(2,3)8(13)6-5-7(11)14-9(6)12/h5,8,13H,4H2,1-3H3. The predicted octanol–water partition coefficient (Wildman–Crippen LogP) is 4.74. The molecule has 1 nitrogen and oxygen atoms in total. The Morgan fingerprint density at radius 2 is 2.07 bits per heavy atom. The summed E-state index contributed by atoms with van der Waals surface area (Å²) in [5.41, 5.74) is 0.900. The van der Waals surface area contributed by atoms with E-state index in [1.54, 1.807) is 11.3 Å². The van der Waals surface area contributed by atoms with E-state index in [9.17, 15) is 5.11 Å². The van der Waals surface area contributed by atoms with Crippen molar-refractivity contribution in [3.8, 4) is 0 Å². The lowest BCUT2D eigenvalue weighted by Gasteiger charge is -2.29. The first-order chi connectivity index (χ1) is 6.38. The van der Waals surface area contributed by atoms with E-state index in [-0.39, 0.29) is 5.41 Å². The maximum atomic E-state index is 10.2. The number of hydrogen-bond acceptors (Lipinski definition) is 2. The Bertz CT molecular complexity index is 320. The molecule has 0 aliphatic carbocycles. The molecule has 0 aromatic carbocycles. The first kappa shape index (κ1) is 12.7. The van der Waals surface area contributed by atoms with Crippen LogP contribution in [0.5, 0.6) is 0 Å². The molecule has 0 spiro atoms. The van der Waals surface area contributed by atoms with Crippen molar-refractivity contribution in [2.45, 2.75) is 33.3 Å². The molecular formula is C10H14Br2OS. The monoisotopic (exact) mass is 340 g/mol. The average molecular weight is 342 g/mol. The highest BCUT2D eigenvalue weighted by Gasteiger charge is 2.29. The number of rotatable bonds is 3. The van der Waals surface area contributed by atoms with E-state index >= 15 is 0 Å². The number of hydrogen-bond donors (Lipinski definition) is 1. The van der Waals surface area contributed by atoms with Gasteiger partial charge < -0.3 is 5.11 Å². The van der Waals surface area contributed by atoms with E-state index < -0.39 is 6.10 Å². The van der Waals surface area contributed by atoms with Crippen molar-refractivity contribution in [1.29, 1.82) is 0 Å². The highest BCUT2D eigenvalue weighted by molar-refractivity contribution is 9.12. The van der Waals surface area contributed by atoms with Gasteiger partial charge in [-0.2, -0.15) is 0 Å². The summed E-state index contributed by atoms with van der Waals surface area (Å²) in [7, 11) is 0. The largest absolute Gasteiger partial charge is 0.388 e. The summed E-state index contributed by atoms with van der Waals surface area (Å²) in [6.07, 6.45) is 0.540. The number of aliphatic hydroxyl groups excluding tert-OH is 1. The van der Waals surface area contributed by atoms with Crippen molar-refractivity contribution in [3.63, 3.8) is 0 Å². The second kappa shape index (κ2) is 4.64. The zero-order valence-electron chi connectivity index (χ0n) is 8.47. The third-order valence-electron chi connectivity index (χ3n) is 2.63. The highest BCUT2D eigenvalue weighted by atomic mass is 79.9. The number of aliphatic hydroxyl groups is 1. The SMILES string of the molecule is CCC(C)(C)C(O)c1cc(Br)sc1Br. The molecule has 0 saturated carbocycles. The topological polar surface area (TPSA) is 20.2 Å². The molecule has 0 bridgehead atoms. The third-order valence-corrected chi connectivity index (χ3v) is 5.01. The maximum absolute atomic E-state index is 10.2. The molecule has 4 heteroatoms. The first-order valence-electron chi connectivity index (χ1n) is 4.51. The van der Waals surface area contributed by atoms with Gasteiger partial charge in [-0.1, -0.05) is 20.8 Å². The van der Waals surface area contributed by atoms with Crippen LogP contribution in [0.2, 0.25) is 0 Å². The van der Waals surface area contributed by atoms with Gasteiger partial charge in [0.25, 0.3) is 0 Å². The Labute approximate surface area is 106 Å². The van der Waals surface area contributed by atoms with Crippen LogP contribution in [-0.2, 0) is 0 Å². The Kier molecular flexibility index (Phi) is 4.21. The highest BCUT2D eigenvalue weighted by Crippen LogP contribution is 2.43. The molecule has 1 heterocycles. The van der Waals surface area contributed by atoms with Crippen LogP contribution in [0.25, 0.3) is 0 Å². The fraction of sp³-hybridized carbons (Fsp3) is 0.600. The molecular weight excluding hydrogens is 328 g/mol. The number of thiophene rings is 1. The minimum absolute atomic E-state index is 0.0803. The Balaban J connectivity index is 3.00. The Morgan fingerprint density at radius 3 is 2.43 bits per heavy atom. The van der Waals surface area contributed by atoms with E-state index in [1.807, 2.05) is 6.07 Å². The molecule has 1 rings (SSSR count). The van der Waals surface area contributed by atoms with Gasteiger partial charge in [-0.25, -0.2) is 0 Å². The zero-order chi connectivity index (χ0) is 10.9. The Hall–Kier alpha value is 0.620. The van der Waals surface area contributed by atoms with Gasteiger partial charge in [-0.05, 0) is 49.8 Å². The lowest BCUT2D eigenvalue weighted by molar-refractivity contribution is 0.0464. The van der Waals surface area contributed by atoms with E-state index in [2.05, 4.69) is 52.6 Å². The second-order valence-electron chi connectivity index (χ2n) is 4.02. The van der Waals surface area contributed by atoms with Crippen LogP contribution in [0, 0.1) is 5.41 Å². The molecule has 0 fully saturated rings. The van der Waals surface area contributed by atoms with Crippen molar-refractivity contribution >= 4 is 43.2 Å². The van der Waals surface area contributed by atoms with Crippen LogP contribution in [0.1, 0.15) is 38.9 Å². The van der Waals surface area contributed by atoms with Crippen LogP contribution in [0.4, 0.5) is 0 Å². The van der Waals surface area contributed by atoms with E-state index in [1.165, 1.54) is 0 Å². The van der Waals surface area contributed by atoms with Crippen LogP contribution in [0.3, 0.4) is 0 Å². The summed E-state index contributed by atoms with van der Waals surface area (Å²) >= 11 is 8.48. The van der Waals surface area contributed by atoms with Crippen LogP contribution in [-0.4, -0.2) is 5.11 Å². The van der Waals surface area contributed by atoms with Gasteiger partial charge in [0.2, 0.25) is 0 Å². The molecule has 1 atom stereocenters. The summed E-state index contributed by atoms with van der Waals surface area (Å²) in [6.45, 7) is 6.25. The van der Waals surface area contributed by atoms with E-state index in [4.69, 9.17) is 0 Å². The lowest BCUT2D eigenvalue weighted by atomic mass is 9.81. The van der Waals surface area contributed by atoms with Gasteiger partial charge in [-0.3, -0.25) is 0 Å². The van der Waals surface area contributed by atoms with Crippen LogP contribution >= 0.6 is 43.2 Å². The predicted molar refractivity (Wildman–Crippen MR) is 68.8 cm³/mol. The fourth-order valence-electron chi connectivity index (χ4n) is 1.15. The summed E-state index contributed by atoms with van der Waals surface area (Å²) in [6, 6.07) is 1.98. The van der Waals surface area contributed by atoms with Crippen LogP contribution < -0.4 is 0 Å². The van der Waals surface area contributed by atoms with Crippen molar-refractivity contribution in [3.05, 3.63) is 19.2 Å². The average Bonchev–Trinajstić information content (AvgIpc) is 2.44. The Morgan fingerprint density at radius 1 is 1.50 bits per heavy atom. The smallest absolute Gasteiger partial charge is 0.0860 e.